The van der Waals surface area contributed by atoms with Gasteiger partial charge in [-0.2, -0.15) is 0 Å². The lowest BCUT2D eigenvalue weighted by Gasteiger charge is -2.47. The van der Waals surface area contributed by atoms with Gasteiger partial charge in [-0.1, -0.05) is 18.2 Å². The zero-order valence-corrected chi connectivity index (χ0v) is 15.8. The van der Waals surface area contributed by atoms with Crippen molar-refractivity contribution in [3.63, 3.8) is 0 Å². The Kier molecular flexibility index (Phi) is 4.38. The second-order valence-corrected chi connectivity index (χ2v) is 7.79. The number of fused-ring (bicyclic) bond motifs is 5. The molecule has 6 nitrogen and oxygen atoms in total. The molecule has 1 aromatic heterocycles. The van der Waals surface area contributed by atoms with Crippen molar-refractivity contribution in [2.75, 3.05) is 20.7 Å². The van der Waals surface area contributed by atoms with E-state index in [9.17, 15) is 14.4 Å². The largest absolute Gasteiger partial charge is 0.469 e. The van der Waals surface area contributed by atoms with Crippen LogP contribution in [0.1, 0.15) is 29.4 Å². The number of aromatic nitrogens is 1. The van der Waals surface area contributed by atoms with Gasteiger partial charge in [0, 0.05) is 35.8 Å². The zero-order valence-electron chi connectivity index (χ0n) is 15.8. The molecule has 27 heavy (non-hydrogen) atoms. The number of hydrogen-bond donors (Lipinski definition) is 1. The quantitative estimate of drug-likeness (QED) is 0.823. The summed E-state index contributed by atoms with van der Waals surface area (Å²) >= 11 is 0. The number of likely N-dealkylation sites (N-methyl/N-ethyl adjacent to an activating group) is 1. The Balaban J connectivity index is 1.89. The van der Waals surface area contributed by atoms with Crippen LogP contribution in [-0.2, 0) is 20.7 Å². The Hall–Kier alpha value is -2.47. The van der Waals surface area contributed by atoms with Gasteiger partial charge in [-0.25, -0.2) is 0 Å². The van der Waals surface area contributed by atoms with E-state index in [0.717, 1.165) is 16.5 Å². The first-order chi connectivity index (χ1) is 12.9. The summed E-state index contributed by atoms with van der Waals surface area (Å²) < 4.78 is 5.10. The smallest absolute Gasteiger partial charge is 0.310 e. The molecule has 2 aliphatic rings. The van der Waals surface area contributed by atoms with Crippen molar-refractivity contribution in [1.29, 1.82) is 0 Å². The number of esters is 1. The number of piperidine rings is 1. The number of H-pyrrole nitrogens is 1. The molecule has 1 aliphatic heterocycles. The van der Waals surface area contributed by atoms with E-state index in [1.54, 1.807) is 6.92 Å². The lowest BCUT2D eigenvalue weighted by atomic mass is 9.67. The number of hydrogen-bond acceptors (Lipinski definition) is 5. The first kappa shape index (κ1) is 17.9. The molecule has 1 fully saturated rings. The summed E-state index contributed by atoms with van der Waals surface area (Å²) in [4.78, 5) is 43.5. The number of likely N-dealkylation sites (tertiary alicyclic amines) is 1. The fourth-order valence-corrected chi connectivity index (χ4v) is 5.02. The number of methoxy groups -OCH3 is 1. The molecule has 2 heterocycles. The molecule has 142 valence electrons. The maximum Gasteiger partial charge on any atom is 0.310 e. The Morgan fingerprint density at radius 1 is 1.22 bits per heavy atom. The Morgan fingerprint density at radius 3 is 2.67 bits per heavy atom. The molecule has 0 radical (unpaired) electrons. The number of carbonyl (C=O) groups excluding carboxylic acids is 3. The maximum absolute atomic E-state index is 13.1. The van der Waals surface area contributed by atoms with Gasteiger partial charge in [0.2, 0.25) is 0 Å². The summed E-state index contributed by atoms with van der Waals surface area (Å²) in [5.41, 5.74) is 2.50. The number of rotatable bonds is 2. The summed E-state index contributed by atoms with van der Waals surface area (Å²) in [5.74, 6) is -1.51. The van der Waals surface area contributed by atoms with E-state index in [4.69, 9.17) is 4.74 Å². The number of aromatic amines is 1. The van der Waals surface area contributed by atoms with Gasteiger partial charge in [0.15, 0.2) is 5.78 Å². The van der Waals surface area contributed by atoms with Crippen molar-refractivity contribution in [3.05, 3.63) is 35.5 Å². The van der Waals surface area contributed by atoms with E-state index in [-0.39, 0.29) is 41.8 Å². The van der Waals surface area contributed by atoms with Gasteiger partial charge in [0.1, 0.15) is 5.78 Å². The van der Waals surface area contributed by atoms with Crippen LogP contribution in [0.25, 0.3) is 10.9 Å². The highest BCUT2D eigenvalue weighted by Gasteiger charge is 2.50. The minimum atomic E-state index is -0.492. The van der Waals surface area contributed by atoms with Crippen LogP contribution >= 0.6 is 0 Å². The minimum Gasteiger partial charge on any atom is -0.469 e. The Labute approximate surface area is 157 Å². The van der Waals surface area contributed by atoms with Crippen molar-refractivity contribution in [2.24, 2.45) is 17.8 Å². The van der Waals surface area contributed by atoms with Crippen molar-refractivity contribution in [1.82, 2.24) is 9.88 Å². The zero-order chi connectivity index (χ0) is 19.3. The molecule has 1 saturated heterocycles. The van der Waals surface area contributed by atoms with Crippen LogP contribution in [0.2, 0.25) is 0 Å². The second-order valence-electron chi connectivity index (χ2n) is 7.79. The molecule has 2 bridgehead atoms. The van der Waals surface area contributed by atoms with Crippen LogP contribution in [0.5, 0.6) is 0 Å². The van der Waals surface area contributed by atoms with Crippen LogP contribution in [0.15, 0.2) is 24.3 Å². The number of ether oxygens (including phenoxy) is 1. The topological polar surface area (TPSA) is 79.5 Å². The second kappa shape index (κ2) is 6.60. The van der Waals surface area contributed by atoms with Gasteiger partial charge in [0.05, 0.1) is 18.7 Å². The number of Topliss-reactive ketones (excluding diaryl/α,β-unsaturated/α-hetero) is 2. The molecular weight excluding hydrogens is 344 g/mol. The van der Waals surface area contributed by atoms with Gasteiger partial charge >= 0.3 is 5.97 Å². The van der Waals surface area contributed by atoms with Crippen LogP contribution in [0, 0.1) is 17.8 Å². The fraction of sp³-hybridized carbons (Fsp3) is 0.476. The molecule has 4 atom stereocenters. The molecule has 6 heteroatoms. The lowest BCUT2D eigenvalue weighted by Crippen LogP contribution is -2.58. The van der Waals surface area contributed by atoms with E-state index in [2.05, 4.69) is 9.88 Å². The van der Waals surface area contributed by atoms with Crippen molar-refractivity contribution in [3.8, 4) is 0 Å². The monoisotopic (exact) mass is 368 g/mol. The predicted octanol–water partition coefficient (Wildman–Crippen LogP) is 2.22. The van der Waals surface area contributed by atoms with Crippen molar-refractivity contribution in [2.45, 2.75) is 25.8 Å². The van der Waals surface area contributed by atoms with Crippen LogP contribution in [0.3, 0.4) is 0 Å². The number of benzene rings is 1. The third-order valence-corrected chi connectivity index (χ3v) is 6.37. The number of ketones is 2. The number of para-hydroxylation sites is 1. The third-order valence-electron chi connectivity index (χ3n) is 6.37. The number of nitrogens with one attached hydrogen (secondary N) is 1. The standard InChI is InChI=1S/C21H24N2O4/c1-11(24)15-10-23(2)17-8-14-12-6-4-5-7-16(12)22-20(14)18(25)9-13(15)19(17)21(26)27-3/h4-7,13,15,17,19,22H,8-10H2,1-3H3/t13-,15?,17-,19+/m0/s1. The first-order valence-corrected chi connectivity index (χ1v) is 9.33. The van der Waals surface area contributed by atoms with Gasteiger partial charge in [0.25, 0.3) is 0 Å². The average Bonchev–Trinajstić information content (AvgIpc) is 3.00. The van der Waals surface area contributed by atoms with E-state index < -0.39 is 5.92 Å². The molecule has 0 spiro atoms. The van der Waals surface area contributed by atoms with E-state index in [1.165, 1.54) is 7.11 Å². The molecule has 1 aromatic carbocycles. The Morgan fingerprint density at radius 2 is 1.96 bits per heavy atom. The highest BCUT2D eigenvalue weighted by molar-refractivity contribution is 6.03. The summed E-state index contributed by atoms with van der Waals surface area (Å²) in [5, 5.41) is 1.02. The average molecular weight is 368 g/mol. The first-order valence-electron chi connectivity index (χ1n) is 9.33. The maximum atomic E-state index is 13.1. The molecule has 2 aromatic rings. The SMILES string of the molecule is COC(=O)[C@@H]1[C@H]2CC(=O)c3[nH]c4ccccc4c3C[C@@H]1N(C)CC2C(C)=O. The molecule has 0 amide bonds. The molecule has 1 unspecified atom stereocenters. The summed E-state index contributed by atoms with van der Waals surface area (Å²) in [7, 11) is 3.32. The fourth-order valence-electron chi connectivity index (χ4n) is 5.02. The lowest BCUT2D eigenvalue weighted by molar-refractivity contribution is -0.156. The normalized spacial score (nSPS) is 28.3. The summed E-state index contributed by atoms with van der Waals surface area (Å²) in [6.45, 7) is 2.11. The van der Waals surface area contributed by atoms with Crippen molar-refractivity contribution < 1.29 is 19.1 Å². The number of carbonyl (C=O) groups is 3. The van der Waals surface area contributed by atoms with E-state index >= 15 is 0 Å². The molecule has 0 saturated carbocycles. The summed E-state index contributed by atoms with van der Waals surface area (Å²) in [6, 6.07) is 7.75. The number of nitrogens with zero attached hydrogens (tertiary/aromatic N) is 1. The molecule has 4 rings (SSSR count). The van der Waals surface area contributed by atoms with Crippen LogP contribution in [-0.4, -0.2) is 54.2 Å². The third kappa shape index (κ3) is 2.79. The van der Waals surface area contributed by atoms with Crippen molar-refractivity contribution >= 4 is 28.4 Å². The van der Waals surface area contributed by atoms with Crippen LogP contribution < -0.4 is 0 Å². The van der Waals surface area contributed by atoms with Gasteiger partial charge < -0.3 is 14.6 Å². The Bertz CT molecular complexity index is 931. The van der Waals surface area contributed by atoms with Gasteiger partial charge in [-0.3, -0.25) is 14.4 Å². The van der Waals surface area contributed by atoms with Gasteiger partial charge in [-0.05, 0) is 37.9 Å². The van der Waals surface area contributed by atoms with Gasteiger partial charge in [-0.15, -0.1) is 0 Å². The highest BCUT2D eigenvalue weighted by atomic mass is 16.5. The molecule has 1 aliphatic carbocycles. The highest BCUT2D eigenvalue weighted by Crippen LogP contribution is 2.42. The summed E-state index contributed by atoms with van der Waals surface area (Å²) in [6.07, 6.45) is 0.747. The van der Waals surface area contributed by atoms with E-state index in [0.29, 0.717) is 18.7 Å². The molecule has 1 N–H and O–H groups in total. The predicted molar refractivity (Wildman–Crippen MR) is 101 cm³/mol. The minimum absolute atomic E-state index is 0.0180. The van der Waals surface area contributed by atoms with Crippen LogP contribution in [0.4, 0.5) is 0 Å². The van der Waals surface area contributed by atoms with E-state index in [1.807, 2.05) is 31.3 Å². The molecular formula is C21H24N2O4.